The first-order valence-electron chi connectivity index (χ1n) is 9.97. The van der Waals surface area contributed by atoms with Crippen LogP contribution < -0.4 is 5.32 Å². The van der Waals surface area contributed by atoms with Crippen molar-refractivity contribution >= 4 is 16.9 Å². The molecule has 1 amide bonds. The van der Waals surface area contributed by atoms with E-state index in [1.165, 1.54) is 25.9 Å². The fraction of sp³-hybridized carbons (Fsp3) is 0.571. The Morgan fingerprint density at radius 3 is 2.59 bits per heavy atom. The normalized spacial score (nSPS) is 24.6. The molecule has 1 N–H and O–H groups in total. The number of ether oxygens (including phenoxy) is 2. The molecule has 0 unspecified atom stereocenters. The molecule has 3 aliphatic rings. The maximum atomic E-state index is 12.8. The Hall–Kier alpha value is -1.89. The highest BCUT2D eigenvalue weighted by Gasteiger charge is 2.35. The lowest BCUT2D eigenvalue weighted by atomic mass is 9.84. The van der Waals surface area contributed by atoms with Crippen molar-refractivity contribution in [1.29, 1.82) is 0 Å². The summed E-state index contributed by atoms with van der Waals surface area (Å²) in [5, 5.41) is 4.17. The van der Waals surface area contributed by atoms with Gasteiger partial charge in [0.15, 0.2) is 5.76 Å². The number of hydrogen-bond acceptors (Lipinski definition) is 5. The summed E-state index contributed by atoms with van der Waals surface area (Å²) < 4.78 is 17.1. The molecule has 146 valence electrons. The number of furan rings is 1. The molecule has 27 heavy (non-hydrogen) atoms. The maximum Gasteiger partial charge on any atom is 0.251 e. The smallest absolute Gasteiger partial charge is 0.251 e. The number of nitrogens with zero attached hydrogens (tertiary/aromatic N) is 1. The molecule has 3 saturated heterocycles. The van der Waals surface area contributed by atoms with Gasteiger partial charge < -0.3 is 24.1 Å². The predicted octanol–water partition coefficient (Wildman–Crippen LogP) is 3.33. The second kappa shape index (κ2) is 8.00. The number of nitrogens with one attached hydrogen (secondary N) is 1. The van der Waals surface area contributed by atoms with Crippen LogP contribution in [0.1, 0.15) is 49.1 Å². The lowest BCUT2D eigenvalue weighted by Crippen LogP contribution is -2.57. The van der Waals surface area contributed by atoms with E-state index in [1.54, 1.807) is 0 Å². The molecular weight excluding hydrogens is 344 g/mol. The standard InChI is InChI=1S/C21H28N2O4/c1-3-25-21(26-4-2)19-11-15-5-6-16(12-18(15)27-19)20(24)22-17-13-23-9-7-14(17)8-10-23/h5-6,11-12,14,17,21H,3-4,7-10,13H2,1-2H3,(H,22,24)/t17-/m0/s1. The van der Waals surface area contributed by atoms with Gasteiger partial charge in [-0.3, -0.25) is 4.79 Å². The zero-order valence-corrected chi connectivity index (χ0v) is 16.1. The number of carbonyl (C=O) groups is 1. The fourth-order valence-corrected chi connectivity index (χ4v) is 4.20. The minimum Gasteiger partial charge on any atom is -0.456 e. The van der Waals surface area contributed by atoms with E-state index in [-0.39, 0.29) is 11.9 Å². The van der Waals surface area contributed by atoms with Crippen LogP contribution in [0.15, 0.2) is 28.7 Å². The third kappa shape index (κ3) is 3.88. The number of amides is 1. The highest BCUT2D eigenvalue weighted by Crippen LogP contribution is 2.29. The Kier molecular flexibility index (Phi) is 5.48. The van der Waals surface area contributed by atoms with E-state index < -0.39 is 6.29 Å². The van der Waals surface area contributed by atoms with Crippen molar-refractivity contribution in [2.45, 2.75) is 39.0 Å². The van der Waals surface area contributed by atoms with Crippen molar-refractivity contribution in [1.82, 2.24) is 10.2 Å². The van der Waals surface area contributed by atoms with E-state index in [9.17, 15) is 4.79 Å². The predicted molar refractivity (Wildman–Crippen MR) is 103 cm³/mol. The van der Waals surface area contributed by atoms with Crippen LogP contribution in [0.3, 0.4) is 0 Å². The molecule has 0 aliphatic carbocycles. The molecule has 1 atom stereocenters. The molecular formula is C21H28N2O4. The second-order valence-electron chi connectivity index (χ2n) is 7.36. The SMILES string of the molecule is CCOC(OCC)c1cc2ccc(C(=O)N[C@H]3CN4CCC3CC4)cc2o1. The van der Waals surface area contributed by atoms with Crippen molar-refractivity contribution in [2.75, 3.05) is 32.8 Å². The number of fused-ring (bicyclic) bond motifs is 4. The third-order valence-electron chi connectivity index (χ3n) is 5.64. The molecule has 0 saturated carbocycles. The first-order valence-corrected chi connectivity index (χ1v) is 9.97. The van der Waals surface area contributed by atoms with Gasteiger partial charge in [0.05, 0.1) is 0 Å². The molecule has 3 aliphatic heterocycles. The fourth-order valence-electron chi connectivity index (χ4n) is 4.20. The van der Waals surface area contributed by atoms with Gasteiger partial charge in [-0.05, 0) is 63.9 Å². The van der Waals surface area contributed by atoms with Gasteiger partial charge in [-0.2, -0.15) is 0 Å². The van der Waals surface area contributed by atoms with Crippen LogP contribution in [-0.4, -0.2) is 49.7 Å². The molecule has 0 radical (unpaired) electrons. The minimum atomic E-state index is -0.517. The van der Waals surface area contributed by atoms with Crippen molar-refractivity contribution in [3.8, 4) is 0 Å². The maximum absolute atomic E-state index is 12.8. The Morgan fingerprint density at radius 2 is 1.96 bits per heavy atom. The van der Waals surface area contributed by atoms with Crippen LogP contribution in [0.2, 0.25) is 0 Å². The number of benzene rings is 1. The van der Waals surface area contributed by atoms with E-state index in [0.29, 0.717) is 36.0 Å². The van der Waals surface area contributed by atoms with Gasteiger partial charge in [-0.1, -0.05) is 6.07 Å². The Morgan fingerprint density at radius 1 is 1.22 bits per heavy atom. The van der Waals surface area contributed by atoms with E-state index in [0.717, 1.165) is 11.9 Å². The lowest BCUT2D eigenvalue weighted by Gasteiger charge is -2.44. The summed E-state index contributed by atoms with van der Waals surface area (Å²) in [6, 6.07) is 7.76. The largest absolute Gasteiger partial charge is 0.456 e. The highest BCUT2D eigenvalue weighted by atomic mass is 16.7. The third-order valence-corrected chi connectivity index (χ3v) is 5.64. The van der Waals surface area contributed by atoms with Crippen molar-refractivity contribution in [3.05, 3.63) is 35.6 Å². The summed E-state index contributed by atoms with van der Waals surface area (Å²) in [5.41, 5.74) is 1.31. The monoisotopic (exact) mass is 372 g/mol. The summed E-state index contributed by atoms with van der Waals surface area (Å²) in [6.45, 7) is 8.22. The second-order valence-corrected chi connectivity index (χ2v) is 7.36. The summed E-state index contributed by atoms with van der Waals surface area (Å²) in [7, 11) is 0. The summed E-state index contributed by atoms with van der Waals surface area (Å²) >= 11 is 0. The molecule has 0 spiro atoms. The molecule has 2 aromatic rings. The van der Waals surface area contributed by atoms with E-state index in [2.05, 4.69) is 10.2 Å². The number of piperidine rings is 3. The van der Waals surface area contributed by atoms with Gasteiger partial charge in [0.25, 0.3) is 5.91 Å². The molecule has 6 heteroatoms. The molecule has 3 fully saturated rings. The number of carbonyl (C=O) groups excluding carboxylic acids is 1. The van der Waals surface area contributed by atoms with Crippen LogP contribution in [0.4, 0.5) is 0 Å². The number of hydrogen-bond donors (Lipinski definition) is 1. The van der Waals surface area contributed by atoms with Gasteiger partial charge in [0.2, 0.25) is 6.29 Å². The first-order chi connectivity index (χ1) is 13.2. The Bertz CT molecular complexity index is 789. The highest BCUT2D eigenvalue weighted by molar-refractivity contribution is 5.97. The Labute approximate surface area is 159 Å². The van der Waals surface area contributed by atoms with Gasteiger partial charge >= 0.3 is 0 Å². The van der Waals surface area contributed by atoms with Gasteiger partial charge in [0, 0.05) is 36.8 Å². The number of rotatable bonds is 7. The van der Waals surface area contributed by atoms with Crippen molar-refractivity contribution in [3.63, 3.8) is 0 Å². The average Bonchev–Trinajstić information content (AvgIpc) is 3.12. The molecule has 5 rings (SSSR count). The van der Waals surface area contributed by atoms with Crippen molar-refractivity contribution in [2.24, 2.45) is 5.92 Å². The van der Waals surface area contributed by atoms with Crippen LogP contribution in [0, 0.1) is 5.92 Å². The van der Waals surface area contributed by atoms with E-state index >= 15 is 0 Å². The molecule has 4 heterocycles. The van der Waals surface area contributed by atoms with E-state index in [1.807, 2.05) is 38.1 Å². The molecule has 6 nitrogen and oxygen atoms in total. The van der Waals surface area contributed by atoms with E-state index in [4.69, 9.17) is 13.9 Å². The summed E-state index contributed by atoms with van der Waals surface area (Å²) in [6.07, 6.45) is 1.85. The lowest BCUT2D eigenvalue weighted by molar-refractivity contribution is -0.150. The van der Waals surface area contributed by atoms with Crippen LogP contribution in [0.25, 0.3) is 11.0 Å². The zero-order chi connectivity index (χ0) is 18.8. The molecule has 2 bridgehead atoms. The van der Waals surface area contributed by atoms with Gasteiger partial charge in [-0.25, -0.2) is 0 Å². The summed E-state index contributed by atoms with van der Waals surface area (Å²) in [4.78, 5) is 15.2. The summed E-state index contributed by atoms with van der Waals surface area (Å²) in [5.74, 6) is 1.21. The topological polar surface area (TPSA) is 63.9 Å². The molecule has 1 aromatic heterocycles. The van der Waals surface area contributed by atoms with Crippen LogP contribution in [-0.2, 0) is 9.47 Å². The Balaban J connectivity index is 1.50. The first kappa shape index (κ1) is 18.5. The van der Waals surface area contributed by atoms with Gasteiger partial charge in [0.1, 0.15) is 5.58 Å². The van der Waals surface area contributed by atoms with Gasteiger partial charge in [-0.15, -0.1) is 0 Å². The minimum absolute atomic E-state index is 0.0280. The van der Waals surface area contributed by atoms with Crippen LogP contribution in [0.5, 0.6) is 0 Å². The zero-order valence-electron chi connectivity index (χ0n) is 16.1. The van der Waals surface area contributed by atoms with Crippen molar-refractivity contribution < 1.29 is 18.7 Å². The molecule has 1 aromatic carbocycles. The van der Waals surface area contributed by atoms with Crippen LogP contribution >= 0.6 is 0 Å². The quantitative estimate of drug-likeness (QED) is 0.756. The average molecular weight is 372 g/mol.